The number of carbonyl (C=O) groups excluding carboxylic acids is 2. The maximum Gasteiger partial charge on any atom is 0.133 e. The molecule has 0 rings (SSSR count). The van der Waals surface area contributed by atoms with Gasteiger partial charge in [0.2, 0.25) is 0 Å². The molecule has 0 aliphatic rings. The van der Waals surface area contributed by atoms with Crippen molar-refractivity contribution in [1.82, 2.24) is 0 Å². The van der Waals surface area contributed by atoms with Crippen molar-refractivity contribution in [3.8, 4) is 0 Å². The van der Waals surface area contributed by atoms with Crippen LogP contribution in [0.5, 0.6) is 0 Å². The van der Waals surface area contributed by atoms with Crippen molar-refractivity contribution in [3.05, 3.63) is 6.92 Å². The summed E-state index contributed by atoms with van der Waals surface area (Å²) in [6, 6.07) is 0. The predicted molar refractivity (Wildman–Crippen MR) is 34.9 cm³/mol. The third-order valence-corrected chi connectivity index (χ3v) is 1.03. The molecule has 0 amide bonds. The van der Waals surface area contributed by atoms with Crippen LogP contribution in [0.2, 0.25) is 0 Å². The third kappa shape index (κ3) is 7.34. The highest BCUT2D eigenvalue weighted by Crippen LogP contribution is 1.97. The second-order valence-electron chi connectivity index (χ2n) is 1.95. The van der Waals surface area contributed by atoms with E-state index in [4.69, 9.17) is 0 Å². The van der Waals surface area contributed by atoms with Crippen LogP contribution in [0, 0.1) is 6.92 Å². The first-order valence-corrected chi connectivity index (χ1v) is 3.06. The minimum absolute atomic E-state index is 0.0408. The molecular weight excluding hydrogens is 116 g/mol. The zero-order valence-corrected chi connectivity index (χ0v) is 5.43. The zero-order chi connectivity index (χ0) is 7.11. The summed E-state index contributed by atoms with van der Waals surface area (Å²) in [6.45, 7) is 3.21. The molecule has 0 bridgehead atoms. The molecule has 9 heavy (non-hydrogen) atoms. The van der Waals surface area contributed by atoms with Gasteiger partial charge in [-0.3, -0.25) is 4.79 Å². The van der Waals surface area contributed by atoms with Crippen LogP contribution in [0.4, 0.5) is 0 Å². The molecule has 0 spiro atoms. The minimum atomic E-state index is -0.0408. The summed E-state index contributed by atoms with van der Waals surface area (Å²) in [5.41, 5.74) is 0. The molecule has 0 aliphatic carbocycles. The molecule has 51 valence electrons. The Morgan fingerprint density at radius 2 is 2.11 bits per heavy atom. The molecule has 2 nitrogen and oxygen atoms in total. The predicted octanol–water partition coefficient (Wildman–Crippen LogP) is 1.15. The van der Waals surface area contributed by atoms with Gasteiger partial charge in [0.1, 0.15) is 12.1 Å². The molecule has 0 N–H and O–H groups in total. The fourth-order valence-electron chi connectivity index (χ4n) is 0.550. The molecule has 0 aromatic rings. The molecule has 0 fully saturated rings. The van der Waals surface area contributed by atoms with E-state index in [1.54, 1.807) is 0 Å². The minimum Gasteiger partial charge on any atom is -0.303 e. The van der Waals surface area contributed by atoms with Gasteiger partial charge in [-0.15, -0.1) is 0 Å². The van der Waals surface area contributed by atoms with E-state index in [1.807, 2.05) is 0 Å². The zero-order valence-electron chi connectivity index (χ0n) is 5.43. The molecule has 0 unspecified atom stereocenters. The van der Waals surface area contributed by atoms with Gasteiger partial charge in [-0.2, -0.15) is 0 Å². The SMILES string of the molecule is [CH2]C(=O)CCCCC=O. The number of aldehydes is 1. The number of Topliss-reactive ketones (excluding diaryl/α,β-unsaturated/α-hetero) is 1. The highest BCUT2D eigenvalue weighted by atomic mass is 16.1. The van der Waals surface area contributed by atoms with Crippen LogP contribution in [-0.2, 0) is 9.59 Å². The second-order valence-corrected chi connectivity index (χ2v) is 1.95. The van der Waals surface area contributed by atoms with Crippen LogP contribution in [0.25, 0.3) is 0 Å². The molecule has 0 saturated heterocycles. The van der Waals surface area contributed by atoms with E-state index in [0.29, 0.717) is 12.8 Å². The van der Waals surface area contributed by atoms with E-state index in [2.05, 4.69) is 6.92 Å². The van der Waals surface area contributed by atoms with E-state index in [1.165, 1.54) is 0 Å². The highest BCUT2D eigenvalue weighted by Gasteiger charge is 1.91. The Balaban J connectivity index is 2.91. The normalized spacial score (nSPS) is 9.00. The summed E-state index contributed by atoms with van der Waals surface area (Å²) in [4.78, 5) is 20.0. The van der Waals surface area contributed by atoms with Crippen LogP contribution in [-0.4, -0.2) is 12.1 Å². The van der Waals surface area contributed by atoms with Crippen molar-refractivity contribution in [2.24, 2.45) is 0 Å². The van der Waals surface area contributed by atoms with Gasteiger partial charge in [0.15, 0.2) is 0 Å². The van der Waals surface area contributed by atoms with Crippen molar-refractivity contribution < 1.29 is 9.59 Å². The third-order valence-electron chi connectivity index (χ3n) is 1.03. The van der Waals surface area contributed by atoms with Gasteiger partial charge in [0.25, 0.3) is 0 Å². The number of rotatable bonds is 5. The van der Waals surface area contributed by atoms with E-state index < -0.39 is 0 Å². The largest absolute Gasteiger partial charge is 0.303 e. The Labute approximate surface area is 55.3 Å². The number of carbonyl (C=O) groups is 2. The number of ketones is 1. The van der Waals surface area contributed by atoms with Gasteiger partial charge >= 0.3 is 0 Å². The van der Waals surface area contributed by atoms with Crippen molar-refractivity contribution in [1.29, 1.82) is 0 Å². The average molecular weight is 127 g/mol. The smallest absolute Gasteiger partial charge is 0.133 e. The van der Waals surface area contributed by atoms with E-state index >= 15 is 0 Å². The lowest BCUT2D eigenvalue weighted by atomic mass is 10.1. The second kappa shape index (κ2) is 5.48. The molecule has 2 heteroatoms. The fourth-order valence-corrected chi connectivity index (χ4v) is 0.550. The van der Waals surface area contributed by atoms with Crippen LogP contribution < -0.4 is 0 Å². The first-order valence-electron chi connectivity index (χ1n) is 3.06. The molecule has 0 aromatic heterocycles. The average Bonchev–Trinajstić information content (AvgIpc) is 1.80. The van der Waals surface area contributed by atoms with Gasteiger partial charge in [-0.1, -0.05) is 0 Å². The van der Waals surface area contributed by atoms with Crippen LogP contribution in [0.3, 0.4) is 0 Å². The number of unbranched alkanes of at least 4 members (excludes halogenated alkanes) is 2. The monoisotopic (exact) mass is 127 g/mol. The summed E-state index contributed by atoms with van der Waals surface area (Å²) in [5.74, 6) is -0.0408. The lowest BCUT2D eigenvalue weighted by molar-refractivity contribution is -0.115. The van der Waals surface area contributed by atoms with Crippen molar-refractivity contribution in [2.45, 2.75) is 25.7 Å². The van der Waals surface area contributed by atoms with Gasteiger partial charge in [0, 0.05) is 19.8 Å². The van der Waals surface area contributed by atoms with Gasteiger partial charge in [-0.25, -0.2) is 0 Å². The van der Waals surface area contributed by atoms with Crippen molar-refractivity contribution >= 4 is 12.1 Å². The van der Waals surface area contributed by atoms with E-state index in [0.717, 1.165) is 19.1 Å². The Hall–Kier alpha value is -0.660. The Morgan fingerprint density at radius 3 is 2.56 bits per heavy atom. The molecule has 0 saturated carbocycles. The van der Waals surface area contributed by atoms with Gasteiger partial charge in [0.05, 0.1) is 0 Å². The summed E-state index contributed by atoms with van der Waals surface area (Å²) in [7, 11) is 0. The molecular formula is C7H11O2. The van der Waals surface area contributed by atoms with Crippen LogP contribution in [0.1, 0.15) is 25.7 Å². The number of hydrogen-bond donors (Lipinski definition) is 0. The Bertz CT molecular complexity index is 97.1. The Morgan fingerprint density at radius 1 is 1.44 bits per heavy atom. The molecule has 0 aliphatic heterocycles. The molecule has 1 radical (unpaired) electrons. The lowest BCUT2D eigenvalue weighted by Crippen LogP contribution is -1.89. The van der Waals surface area contributed by atoms with E-state index in [-0.39, 0.29) is 5.78 Å². The summed E-state index contributed by atoms with van der Waals surface area (Å²) >= 11 is 0. The van der Waals surface area contributed by atoms with Gasteiger partial charge in [-0.05, 0) is 12.8 Å². The van der Waals surface area contributed by atoms with Crippen LogP contribution in [0.15, 0.2) is 0 Å². The standard InChI is InChI=1S/C7H11O2/c1-7(9)5-3-2-4-6-8/h6H,1-5H2. The maximum atomic E-state index is 10.2. The van der Waals surface area contributed by atoms with Gasteiger partial charge < -0.3 is 4.79 Å². The van der Waals surface area contributed by atoms with Crippen molar-refractivity contribution in [3.63, 3.8) is 0 Å². The van der Waals surface area contributed by atoms with E-state index in [9.17, 15) is 9.59 Å². The summed E-state index contributed by atoms with van der Waals surface area (Å²) in [6.07, 6.45) is 3.54. The molecule has 0 aromatic carbocycles. The quantitative estimate of drug-likeness (QED) is 0.410. The molecule has 0 atom stereocenters. The number of hydrogen-bond acceptors (Lipinski definition) is 2. The maximum absolute atomic E-state index is 10.2. The van der Waals surface area contributed by atoms with Crippen molar-refractivity contribution in [2.75, 3.05) is 0 Å². The van der Waals surface area contributed by atoms with Crippen LogP contribution >= 0.6 is 0 Å². The Kier molecular flexibility index (Phi) is 5.07. The molecule has 0 heterocycles. The fraction of sp³-hybridized carbons (Fsp3) is 0.571. The summed E-state index contributed by atoms with van der Waals surface area (Å²) in [5, 5.41) is 0. The lowest BCUT2D eigenvalue weighted by Gasteiger charge is -1.90. The topological polar surface area (TPSA) is 34.1 Å². The summed E-state index contributed by atoms with van der Waals surface area (Å²) < 4.78 is 0. The highest BCUT2D eigenvalue weighted by molar-refractivity contribution is 5.82. The first-order chi connectivity index (χ1) is 4.27. The first kappa shape index (κ1) is 8.34.